The molecule has 0 saturated heterocycles. The Labute approximate surface area is 172 Å². The van der Waals surface area contributed by atoms with Gasteiger partial charge in [-0.25, -0.2) is 0 Å². The molecule has 1 heterocycles. The largest absolute Gasteiger partial charge is 0.540 e. The van der Waals surface area contributed by atoms with Crippen molar-refractivity contribution >= 4 is 17.6 Å². The highest BCUT2D eigenvalue weighted by Gasteiger charge is 2.33. The van der Waals surface area contributed by atoms with Crippen LogP contribution in [-0.4, -0.2) is 25.0 Å². The molecule has 1 aliphatic rings. The molecule has 1 aliphatic heterocycles. The van der Waals surface area contributed by atoms with Crippen molar-refractivity contribution in [2.45, 2.75) is 53.4 Å². The molecule has 0 aromatic heterocycles. The molecule has 0 fully saturated rings. The van der Waals surface area contributed by atoms with Gasteiger partial charge < -0.3 is 19.5 Å². The number of hydrogen-bond acceptors (Lipinski definition) is 4. The van der Waals surface area contributed by atoms with Gasteiger partial charge in [0.2, 0.25) is 0 Å². The van der Waals surface area contributed by atoms with Gasteiger partial charge in [-0.05, 0) is 61.4 Å². The number of carbonyl (C=O) groups is 2. The predicted molar refractivity (Wildman–Crippen MR) is 112 cm³/mol. The van der Waals surface area contributed by atoms with E-state index in [9.17, 15) is 14.7 Å². The third-order valence-electron chi connectivity index (χ3n) is 6.02. The molecular weight excluding hydrogens is 366 g/mol. The molecular formula is C24H28NO4-. The Morgan fingerprint density at radius 2 is 1.72 bits per heavy atom. The second-order valence-electron chi connectivity index (χ2n) is 7.99. The molecule has 0 spiro atoms. The summed E-state index contributed by atoms with van der Waals surface area (Å²) in [6, 6.07) is 8.56. The molecule has 1 atom stereocenters. The van der Waals surface area contributed by atoms with Crippen LogP contribution < -0.4 is 14.7 Å². The number of likely N-dealkylation sites (N-methyl/N-ethyl adjacent to an activating group) is 1. The van der Waals surface area contributed by atoms with Crippen molar-refractivity contribution < 1.29 is 19.4 Å². The Bertz CT molecular complexity index is 960. The lowest BCUT2D eigenvalue weighted by Crippen LogP contribution is -2.44. The molecule has 2 aromatic carbocycles. The normalized spacial score (nSPS) is 15.2. The summed E-state index contributed by atoms with van der Waals surface area (Å²) < 4.78 is 6.08. The van der Waals surface area contributed by atoms with Crippen LogP contribution in [0.2, 0.25) is 0 Å². The van der Waals surface area contributed by atoms with E-state index in [-0.39, 0.29) is 12.5 Å². The Balaban J connectivity index is 2.15. The van der Waals surface area contributed by atoms with Gasteiger partial charge in [-0.2, -0.15) is 0 Å². The van der Waals surface area contributed by atoms with Crippen LogP contribution in [0, 0.1) is 20.8 Å². The van der Waals surface area contributed by atoms with Gasteiger partial charge in [0, 0.05) is 18.0 Å². The summed E-state index contributed by atoms with van der Waals surface area (Å²) >= 11 is 0. The number of carbonyl (C=O) groups excluding carboxylic acids is 2. The Morgan fingerprint density at radius 1 is 1.10 bits per heavy atom. The lowest BCUT2D eigenvalue weighted by atomic mass is 9.85. The predicted octanol–water partition coefficient (Wildman–Crippen LogP) is 3.36. The molecule has 29 heavy (non-hydrogen) atoms. The second-order valence-corrected chi connectivity index (χ2v) is 7.99. The van der Waals surface area contributed by atoms with E-state index >= 15 is 0 Å². The second kappa shape index (κ2) is 7.90. The molecule has 0 saturated carbocycles. The third-order valence-corrected chi connectivity index (χ3v) is 6.02. The van der Waals surface area contributed by atoms with Crippen molar-refractivity contribution in [3.63, 3.8) is 0 Å². The molecule has 3 rings (SSSR count). The molecule has 2 aromatic rings. The number of aliphatic carboxylic acids is 1. The van der Waals surface area contributed by atoms with Crippen molar-refractivity contribution in [2.75, 3.05) is 18.1 Å². The van der Waals surface area contributed by atoms with Crippen LogP contribution in [0.25, 0.3) is 0 Å². The summed E-state index contributed by atoms with van der Waals surface area (Å²) in [7, 11) is 0. The smallest absolute Gasteiger partial charge is 0.273 e. The summed E-state index contributed by atoms with van der Waals surface area (Å²) in [6.45, 7) is 12.7. The van der Waals surface area contributed by atoms with E-state index in [1.165, 1.54) is 10.5 Å². The van der Waals surface area contributed by atoms with Gasteiger partial charge in [0.1, 0.15) is 11.7 Å². The maximum atomic E-state index is 12.3. The molecule has 0 aliphatic carbocycles. The maximum Gasteiger partial charge on any atom is 0.273 e. The molecule has 0 N–H and O–H groups in total. The van der Waals surface area contributed by atoms with Gasteiger partial charge in [0.15, 0.2) is 0 Å². The number of carboxylic acids is 1. The van der Waals surface area contributed by atoms with Crippen LogP contribution in [0.3, 0.4) is 0 Å². The minimum Gasteiger partial charge on any atom is -0.540 e. The highest BCUT2D eigenvalue weighted by atomic mass is 16.5. The number of carboxylic acid groups (broad SMARTS) is 1. The number of nitrogens with zero attached hydrogens (tertiary/aromatic N) is 1. The minimum absolute atomic E-state index is 0.0426. The lowest BCUT2D eigenvalue weighted by molar-refractivity contribution is -0.299. The van der Waals surface area contributed by atoms with Gasteiger partial charge in [0.05, 0.1) is 12.3 Å². The van der Waals surface area contributed by atoms with Crippen molar-refractivity contribution in [3.05, 3.63) is 57.6 Å². The van der Waals surface area contributed by atoms with Gasteiger partial charge in [-0.15, -0.1) is 0 Å². The van der Waals surface area contributed by atoms with Crippen LogP contribution in [0.5, 0.6) is 5.75 Å². The highest BCUT2D eigenvalue weighted by molar-refractivity contribution is 6.36. The van der Waals surface area contributed by atoms with Crippen molar-refractivity contribution in [1.29, 1.82) is 0 Å². The van der Waals surface area contributed by atoms with E-state index in [2.05, 4.69) is 38.1 Å². The van der Waals surface area contributed by atoms with E-state index in [1.807, 2.05) is 20.8 Å². The summed E-state index contributed by atoms with van der Waals surface area (Å²) in [5, 5.41) is 11.3. The van der Waals surface area contributed by atoms with Gasteiger partial charge in [-0.1, -0.05) is 38.1 Å². The Hall–Kier alpha value is -2.82. The monoisotopic (exact) mass is 394 g/mol. The zero-order valence-electron chi connectivity index (χ0n) is 18.0. The topological polar surface area (TPSA) is 69.7 Å². The number of rotatable bonds is 4. The molecule has 0 bridgehead atoms. The number of anilines is 1. The van der Waals surface area contributed by atoms with Crippen molar-refractivity contribution in [1.82, 2.24) is 0 Å². The first-order valence-electron chi connectivity index (χ1n) is 10.1. The molecule has 154 valence electrons. The van der Waals surface area contributed by atoms with Crippen molar-refractivity contribution in [3.8, 4) is 5.75 Å². The van der Waals surface area contributed by atoms with Crippen molar-refractivity contribution in [2.24, 2.45) is 0 Å². The summed E-state index contributed by atoms with van der Waals surface area (Å²) in [5.74, 6) is -1.36. The van der Waals surface area contributed by atoms with E-state index < -0.39 is 11.9 Å². The van der Waals surface area contributed by atoms with Crippen LogP contribution in [0.15, 0.2) is 24.3 Å². The fourth-order valence-electron chi connectivity index (χ4n) is 4.28. The zero-order valence-corrected chi connectivity index (χ0v) is 18.0. The maximum absolute atomic E-state index is 12.3. The standard InChI is InChI=1S/C24H29NO4/c1-7-25(23(26)24(27)28)21-14(4)15(5)22-20(16(21)6)19(12-29-22)18-10-8-17(9-11-18)13(2)3/h8-11,13,19H,7,12H2,1-6H3,(H,27,28)/p-1. The van der Waals surface area contributed by atoms with Crippen LogP contribution >= 0.6 is 0 Å². The highest BCUT2D eigenvalue weighted by Crippen LogP contribution is 2.47. The quantitative estimate of drug-likeness (QED) is 0.746. The molecule has 1 amide bonds. The third kappa shape index (κ3) is 3.50. The molecule has 0 radical (unpaired) electrons. The van der Waals surface area contributed by atoms with Gasteiger partial charge in [-0.3, -0.25) is 4.79 Å². The molecule has 5 heteroatoms. The molecule has 1 unspecified atom stereocenters. The first kappa shape index (κ1) is 20.9. The number of amides is 1. The van der Waals surface area contributed by atoms with Crippen LogP contribution in [-0.2, 0) is 9.59 Å². The average molecular weight is 394 g/mol. The number of ether oxygens (including phenoxy) is 1. The van der Waals surface area contributed by atoms with E-state index in [1.54, 1.807) is 6.92 Å². The van der Waals surface area contributed by atoms with Crippen LogP contribution in [0.1, 0.15) is 66.0 Å². The summed E-state index contributed by atoms with van der Waals surface area (Å²) in [4.78, 5) is 24.8. The number of benzene rings is 2. The van der Waals surface area contributed by atoms with E-state index in [0.717, 1.165) is 33.6 Å². The Morgan fingerprint density at radius 3 is 2.24 bits per heavy atom. The fraction of sp³-hybridized carbons (Fsp3) is 0.417. The minimum atomic E-state index is -1.69. The zero-order chi connectivity index (χ0) is 21.5. The summed E-state index contributed by atoms with van der Waals surface area (Å²) in [6.07, 6.45) is 0. The first-order valence-corrected chi connectivity index (χ1v) is 10.1. The van der Waals surface area contributed by atoms with Gasteiger partial charge in [0.25, 0.3) is 5.91 Å². The Kier molecular flexibility index (Phi) is 5.69. The fourth-order valence-corrected chi connectivity index (χ4v) is 4.28. The number of fused-ring (bicyclic) bond motifs is 1. The average Bonchev–Trinajstić information content (AvgIpc) is 3.14. The molecule has 5 nitrogen and oxygen atoms in total. The SMILES string of the molecule is CCN(C(=O)C(=O)[O-])c1c(C)c(C)c2c(c1C)C(c1ccc(C(C)C)cc1)CO2. The van der Waals surface area contributed by atoms with Gasteiger partial charge >= 0.3 is 0 Å². The lowest BCUT2D eigenvalue weighted by Gasteiger charge is -2.28. The number of hydrogen-bond donors (Lipinski definition) is 0. The first-order chi connectivity index (χ1) is 13.7. The van der Waals surface area contributed by atoms with E-state index in [4.69, 9.17) is 4.74 Å². The van der Waals surface area contributed by atoms with E-state index in [0.29, 0.717) is 18.2 Å². The summed E-state index contributed by atoms with van der Waals surface area (Å²) in [5.41, 5.74) is 6.79. The van der Waals surface area contributed by atoms with Crippen LogP contribution in [0.4, 0.5) is 5.69 Å².